The van der Waals surface area contributed by atoms with Gasteiger partial charge in [0.2, 0.25) is 5.88 Å². The van der Waals surface area contributed by atoms with Crippen molar-refractivity contribution in [3.63, 3.8) is 0 Å². The highest BCUT2D eigenvalue weighted by Crippen LogP contribution is 2.33. The Balaban J connectivity index is 2.24. The van der Waals surface area contributed by atoms with E-state index in [4.69, 9.17) is 14.7 Å². The largest absolute Gasteiger partial charge is 0.493 e. The van der Waals surface area contributed by atoms with Gasteiger partial charge in [0.1, 0.15) is 0 Å². The van der Waals surface area contributed by atoms with Gasteiger partial charge in [0, 0.05) is 18.3 Å². The van der Waals surface area contributed by atoms with E-state index in [0.29, 0.717) is 11.8 Å². The summed E-state index contributed by atoms with van der Waals surface area (Å²) in [7, 11) is 1.39. The lowest BCUT2D eigenvalue weighted by Gasteiger charge is -2.10. The molecule has 4 nitrogen and oxygen atoms in total. The van der Waals surface area contributed by atoms with E-state index in [-0.39, 0.29) is 17.4 Å². The van der Waals surface area contributed by atoms with Gasteiger partial charge in [0.15, 0.2) is 11.5 Å². The standard InChI is InChI=1S/C14H9F3N2O2/c1-20-12-6-9(7-18)2-4-11(12)21-13-5-3-10(8-19-13)14(15,16)17/h2-6,8H,1H3. The van der Waals surface area contributed by atoms with Crippen molar-refractivity contribution in [2.75, 3.05) is 7.11 Å². The van der Waals surface area contributed by atoms with Crippen molar-refractivity contribution in [3.8, 4) is 23.4 Å². The molecule has 1 aromatic carbocycles. The maximum Gasteiger partial charge on any atom is 0.417 e. The zero-order valence-electron chi connectivity index (χ0n) is 10.8. The van der Waals surface area contributed by atoms with Gasteiger partial charge in [-0.15, -0.1) is 0 Å². The summed E-state index contributed by atoms with van der Waals surface area (Å²) in [4.78, 5) is 3.60. The monoisotopic (exact) mass is 294 g/mol. The van der Waals surface area contributed by atoms with Crippen LogP contribution in [0.5, 0.6) is 17.4 Å². The lowest BCUT2D eigenvalue weighted by Crippen LogP contribution is -2.05. The van der Waals surface area contributed by atoms with Gasteiger partial charge in [-0.2, -0.15) is 18.4 Å². The Morgan fingerprint density at radius 1 is 1.14 bits per heavy atom. The number of ether oxygens (including phenoxy) is 2. The fourth-order valence-electron chi connectivity index (χ4n) is 1.54. The Labute approximate surface area is 118 Å². The van der Waals surface area contributed by atoms with E-state index < -0.39 is 11.7 Å². The normalized spacial score (nSPS) is 10.8. The van der Waals surface area contributed by atoms with E-state index in [0.717, 1.165) is 12.1 Å². The van der Waals surface area contributed by atoms with E-state index in [1.807, 2.05) is 6.07 Å². The molecule has 0 saturated heterocycles. The van der Waals surface area contributed by atoms with Crippen molar-refractivity contribution in [2.24, 2.45) is 0 Å². The van der Waals surface area contributed by atoms with Crippen LogP contribution in [-0.4, -0.2) is 12.1 Å². The third kappa shape index (κ3) is 3.42. The summed E-state index contributed by atoms with van der Waals surface area (Å²) in [5, 5.41) is 8.78. The first-order valence-electron chi connectivity index (χ1n) is 5.73. The molecule has 0 unspecified atom stereocenters. The summed E-state index contributed by atoms with van der Waals surface area (Å²) < 4.78 is 47.7. The van der Waals surface area contributed by atoms with Crippen LogP contribution in [0.4, 0.5) is 13.2 Å². The smallest absolute Gasteiger partial charge is 0.417 e. The van der Waals surface area contributed by atoms with Crippen LogP contribution in [0.1, 0.15) is 11.1 Å². The summed E-state index contributed by atoms with van der Waals surface area (Å²) in [5.41, 5.74) is -0.485. The van der Waals surface area contributed by atoms with Gasteiger partial charge in [-0.25, -0.2) is 4.98 Å². The first-order chi connectivity index (χ1) is 9.94. The number of hydrogen-bond acceptors (Lipinski definition) is 4. The molecule has 1 aromatic heterocycles. The molecule has 0 N–H and O–H groups in total. The molecule has 7 heteroatoms. The number of pyridine rings is 1. The highest BCUT2D eigenvalue weighted by atomic mass is 19.4. The van der Waals surface area contributed by atoms with E-state index in [1.165, 1.54) is 25.3 Å². The molecule has 0 aliphatic rings. The molecular formula is C14H9F3N2O2. The van der Waals surface area contributed by atoms with Gasteiger partial charge in [-0.1, -0.05) is 0 Å². The van der Waals surface area contributed by atoms with E-state index in [2.05, 4.69) is 4.98 Å². The minimum atomic E-state index is -4.45. The van der Waals surface area contributed by atoms with E-state index in [9.17, 15) is 13.2 Å². The molecule has 2 aromatic rings. The molecule has 0 spiro atoms. The van der Waals surface area contributed by atoms with Crippen LogP contribution in [0.15, 0.2) is 36.5 Å². The van der Waals surface area contributed by atoms with Gasteiger partial charge in [0.25, 0.3) is 0 Å². The van der Waals surface area contributed by atoms with Crippen LogP contribution >= 0.6 is 0 Å². The van der Waals surface area contributed by atoms with E-state index in [1.54, 1.807) is 0 Å². The van der Waals surface area contributed by atoms with Crippen LogP contribution in [0.25, 0.3) is 0 Å². The number of hydrogen-bond donors (Lipinski definition) is 0. The molecule has 0 bridgehead atoms. The third-order valence-corrected chi connectivity index (χ3v) is 2.57. The second-order valence-corrected chi connectivity index (χ2v) is 3.96. The average molecular weight is 294 g/mol. The highest BCUT2D eigenvalue weighted by Gasteiger charge is 2.30. The molecule has 0 fully saturated rings. The van der Waals surface area contributed by atoms with Crippen molar-refractivity contribution < 1.29 is 22.6 Å². The summed E-state index contributed by atoms with van der Waals surface area (Å²) in [5.74, 6) is 0.533. The lowest BCUT2D eigenvalue weighted by atomic mass is 10.2. The van der Waals surface area contributed by atoms with Gasteiger partial charge < -0.3 is 9.47 Å². The molecule has 0 radical (unpaired) electrons. The van der Waals surface area contributed by atoms with E-state index >= 15 is 0 Å². The summed E-state index contributed by atoms with van der Waals surface area (Å²) in [6, 6.07) is 8.37. The van der Waals surface area contributed by atoms with Crippen molar-refractivity contribution in [3.05, 3.63) is 47.7 Å². The number of halogens is 3. The number of alkyl halides is 3. The molecule has 0 amide bonds. The minimum absolute atomic E-state index is 0.00833. The van der Waals surface area contributed by atoms with Gasteiger partial charge in [-0.05, 0) is 18.2 Å². The minimum Gasteiger partial charge on any atom is -0.493 e. The molecule has 108 valence electrons. The number of nitrogens with zero attached hydrogens (tertiary/aromatic N) is 2. The number of benzene rings is 1. The van der Waals surface area contributed by atoms with Crippen LogP contribution in [0.2, 0.25) is 0 Å². The van der Waals surface area contributed by atoms with Gasteiger partial charge >= 0.3 is 6.18 Å². The van der Waals surface area contributed by atoms with Gasteiger partial charge in [0.05, 0.1) is 24.3 Å². The Hall–Kier alpha value is -2.75. The number of aromatic nitrogens is 1. The Bertz CT molecular complexity index is 676. The molecule has 0 saturated carbocycles. The second-order valence-electron chi connectivity index (χ2n) is 3.96. The zero-order valence-corrected chi connectivity index (χ0v) is 10.8. The molecule has 2 rings (SSSR count). The number of methoxy groups -OCH3 is 1. The maximum atomic E-state index is 12.4. The quantitative estimate of drug-likeness (QED) is 0.864. The number of rotatable bonds is 3. The third-order valence-electron chi connectivity index (χ3n) is 2.57. The number of nitriles is 1. The predicted octanol–water partition coefficient (Wildman–Crippen LogP) is 3.77. The molecule has 21 heavy (non-hydrogen) atoms. The Morgan fingerprint density at radius 2 is 1.90 bits per heavy atom. The first-order valence-corrected chi connectivity index (χ1v) is 5.73. The fourth-order valence-corrected chi connectivity index (χ4v) is 1.54. The van der Waals surface area contributed by atoms with Gasteiger partial charge in [-0.3, -0.25) is 0 Å². The van der Waals surface area contributed by atoms with Crippen LogP contribution in [0, 0.1) is 11.3 Å². The second kappa shape index (κ2) is 5.71. The fraction of sp³-hybridized carbons (Fsp3) is 0.143. The molecular weight excluding hydrogens is 285 g/mol. The predicted molar refractivity (Wildman–Crippen MR) is 67.0 cm³/mol. The molecule has 0 atom stereocenters. The SMILES string of the molecule is COc1cc(C#N)ccc1Oc1ccc(C(F)(F)F)cn1. The average Bonchev–Trinajstić information content (AvgIpc) is 2.47. The Morgan fingerprint density at radius 3 is 2.43 bits per heavy atom. The Kier molecular flexibility index (Phi) is 3.98. The van der Waals surface area contributed by atoms with Crippen molar-refractivity contribution in [1.82, 2.24) is 4.98 Å². The topological polar surface area (TPSA) is 55.1 Å². The molecule has 0 aliphatic heterocycles. The van der Waals surface area contributed by atoms with Crippen molar-refractivity contribution >= 4 is 0 Å². The zero-order chi connectivity index (χ0) is 15.5. The summed E-state index contributed by atoms with van der Waals surface area (Å²) >= 11 is 0. The first kappa shape index (κ1) is 14.7. The van der Waals surface area contributed by atoms with Crippen molar-refractivity contribution in [2.45, 2.75) is 6.18 Å². The van der Waals surface area contributed by atoms with Crippen LogP contribution in [0.3, 0.4) is 0 Å². The summed E-state index contributed by atoms with van der Waals surface area (Å²) in [6.45, 7) is 0. The van der Waals surface area contributed by atoms with Crippen molar-refractivity contribution in [1.29, 1.82) is 5.26 Å². The maximum absolute atomic E-state index is 12.4. The van der Waals surface area contributed by atoms with Crippen LogP contribution in [-0.2, 0) is 6.18 Å². The van der Waals surface area contributed by atoms with Crippen LogP contribution < -0.4 is 9.47 Å². The summed E-state index contributed by atoms with van der Waals surface area (Å²) in [6.07, 6.45) is -3.76. The molecule has 1 heterocycles. The highest BCUT2D eigenvalue weighted by molar-refractivity contribution is 5.48. The molecule has 0 aliphatic carbocycles. The lowest BCUT2D eigenvalue weighted by molar-refractivity contribution is -0.137.